The number of rotatable bonds is 6. The lowest BCUT2D eigenvalue weighted by Gasteiger charge is -2.06. The number of halogens is 3. The van der Waals surface area contributed by atoms with Crippen LogP contribution in [0.4, 0.5) is 0 Å². The zero-order valence-corrected chi connectivity index (χ0v) is 18.6. The van der Waals surface area contributed by atoms with Gasteiger partial charge in [-0.2, -0.15) is 0 Å². The molecule has 2 aromatic carbocycles. The summed E-state index contributed by atoms with van der Waals surface area (Å²) < 4.78 is 8.83. The molecule has 2 aromatic rings. The second kappa shape index (κ2) is 12.4. The molecular formula is C20H17BrCl2O6. The third-order valence-electron chi connectivity index (χ3n) is 3.47. The molecule has 0 aromatic heterocycles. The van der Waals surface area contributed by atoms with Gasteiger partial charge in [-0.05, 0) is 48.5 Å². The minimum atomic E-state index is -0.969. The molecule has 2 rings (SSSR count). The number of hydrogen-bond acceptors (Lipinski definition) is 6. The zero-order chi connectivity index (χ0) is 22.0. The van der Waals surface area contributed by atoms with Gasteiger partial charge < -0.3 is 9.47 Å². The van der Waals surface area contributed by atoms with Crippen molar-refractivity contribution in [1.29, 1.82) is 0 Å². The van der Waals surface area contributed by atoms with Crippen LogP contribution in [0.15, 0.2) is 48.5 Å². The lowest BCUT2D eigenvalue weighted by molar-refractivity contribution is -0.140. The molecule has 1 unspecified atom stereocenters. The Hall–Kier alpha value is -2.22. The molecule has 0 fully saturated rings. The molecule has 0 saturated carbocycles. The van der Waals surface area contributed by atoms with Gasteiger partial charge in [-0.3, -0.25) is 19.2 Å². The first-order valence-electron chi connectivity index (χ1n) is 8.06. The highest BCUT2D eigenvalue weighted by Gasteiger charge is 2.25. The van der Waals surface area contributed by atoms with Crippen LogP contribution in [0.2, 0.25) is 10.0 Å². The lowest BCUT2D eigenvalue weighted by Crippen LogP contribution is -2.25. The van der Waals surface area contributed by atoms with Gasteiger partial charge in [0, 0.05) is 21.2 Å². The van der Waals surface area contributed by atoms with Gasteiger partial charge in [-0.15, -0.1) is 0 Å². The Labute approximate surface area is 186 Å². The van der Waals surface area contributed by atoms with Crippen molar-refractivity contribution in [2.24, 2.45) is 0 Å². The predicted octanol–water partition coefficient (Wildman–Crippen LogP) is 4.55. The predicted molar refractivity (Wildman–Crippen MR) is 113 cm³/mol. The summed E-state index contributed by atoms with van der Waals surface area (Å²) in [7, 11) is 2.48. The van der Waals surface area contributed by atoms with Gasteiger partial charge in [0.05, 0.1) is 14.2 Å². The van der Waals surface area contributed by atoms with E-state index >= 15 is 0 Å². The van der Waals surface area contributed by atoms with E-state index in [1.54, 1.807) is 48.5 Å². The van der Waals surface area contributed by atoms with Crippen LogP contribution in [0.1, 0.15) is 27.1 Å². The van der Waals surface area contributed by atoms with E-state index in [4.69, 9.17) is 23.2 Å². The summed E-state index contributed by atoms with van der Waals surface area (Å²) in [5.41, 5.74) is 0.867. The summed E-state index contributed by atoms with van der Waals surface area (Å²) in [6, 6.07) is 12.7. The van der Waals surface area contributed by atoms with Crippen molar-refractivity contribution in [2.45, 2.75) is 11.2 Å². The third-order valence-corrected chi connectivity index (χ3v) is 4.76. The Morgan fingerprint density at radius 3 is 1.69 bits per heavy atom. The van der Waals surface area contributed by atoms with Crippen LogP contribution in [0.3, 0.4) is 0 Å². The van der Waals surface area contributed by atoms with E-state index in [2.05, 4.69) is 25.4 Å². The summed E-state index contributed by atoms with van der Waals surface area (Å²) in [5, 5.41) is 1.09. The number of alkyl halides is 1. The van der Waals surface area contributed by atoms with Crippen molar-refractivity contribution in [3.8, 4) is 0 Å². The number of carbonyl (C=O) groups is 4. The summed E-state index contributed by atoms with van der Waals surface area (Å²) in [6.45, 7) is 0. The van der Waals surface area contributed by atoms with E-state index in [0.717, 1.165) is 0 Å². The van der Waals surface area contributed by atoms with Gasteiger partial charge >= 0.3 is 11.9 Å². The van der Waals surface area contributed by atoms with E-state index in [9.17, 15) is 19.2 Å². The summed E-state index contributed by atoms with van der Waals surface area (Å²) in [4.78, 5) is 43.9. The molecule has 6 nitrogen and oxygen atoms in total. The SMILES string of the molecule is COC(=O)C(Br)C(=O)c1ccc(Cl)cc1.COC(=O)CC(=O)c1ccc(Cl)cc1. The topological polar surface area (TPSA) is 86.7 Å². The van der Waals surface area contributed by atoms with Crippen LogP contribution in [-0.2, 0) is 19.1 Å². The number of ether oxygens (including phenoxy) is 2. The van der Waals surface area contributed by atoms with Gasteiger partial charge in [0.1, 0.15) is 6.42 Å². The van der Waals surface area contributed by atoms with Crippen molar-refractivity contribution in [3.63, 3.8) is 0 Å². The Morgan fingerprint density at radius 1 is 0.828 bits per heavy atom. The number of Topliss-reactive ketones (excluding diaryl/α,β-unsaturated/α-hetero) is 2. The Bertz CT molecular complexity index is 866. The standard InChI is InChI=1S/C10H8BrClO3.C10H9ClO3/c1-15-10(14)8(11)9(13)6-2-4-7(12)5-3-6;1-14-10(13)6-9(12)7-2-4-8(11)5-3-7/h2-5,8H,1H3;2-5H,6H2,1H3. The number of benzene rings is 2. The molecule has 0 aliphatic rings. The van der Waals surface area contributed by atoms with Gasteiger partial charge in [0.2, 0.25) is 0 Å². The van der Waals surface area contributed by atoms with Crippen molar-refractivity contribution in [2.75, 3.05) is 14.2 Å². The van der Waals surface area contributed by atoms with E-state index in [1.165, 1.54) is 14.2 Å². The normalized spacial score (nSPS) is 10.8. The average Bonchev–Trinajstić information content (AvgIpc) is 2.73. The first kappa shape index (κ1) is 24.8. The van der Waals surface area contributed by atoms with Gasteiger partial charge in [-0.1, -0.05) is 39.1 Å². The Balaban J connectivity index is 0.000000291. The van der Waals surface area contributed by atoms with E-state index in [1.807, 2.05) is 0 Å². The fourth-order valence-corrected chi connectivity index (χ4v) is 2.62. The van der Waals surface area contributed by atoms with Crippen LogP contribution in [0.25, 0.3) is 0 Å². The second-order valence-electron chi connectivity index (χ2n) is 5.44. The molecule has 0 aliphatic heterocycles. The average molecular weight is 504 g/mol. The van der Waals surface area contributed by atoms with Gasteiger partial charge in [0.15, 0.2) is 16.4 Å². The second-order valence-corrected chi connectivity index (χ2v) is 7.23. The Kier molecular flexibility index (Phi) is 10.6. The minimum absolute atomic E-state index is 0.238. The quantitative estimate of drug-likeness (QED) is 0.249. The van der Waals surface area contributed by atoms with Crippen LogP contribution < -0.4 is 0 Å². The van der Waals surface area contributed by atoms with E-state index in [-0.39, 0.29) is 18.0 Å². The van der Waals surface area contributed by atoms with Crippen LogP contribution in [-0.4, -0.2) is 42.6 Å². The van der Waals surface area contributed by atoms with Gasteiger partial charge in [-0.25, -0.2) is 0 Å². The number of hydrogen-bond donors (Lipinski definition) is 0. The first-order valence-corrected chi connectivity index (χ1v) is 9.74. The maximum absolute atomic E-state index is 11.7. The fourth-order valence-electron chi connectivity index (χ4n) is 1.91. The number of ketones is 2. The third kappa shape index (κ3) is 8.35. The van der Waals surface area contributed by atoms with Crippen molar-refractivity contribution >= 4 is 62.6 Å². The zero-order valence-electron chi connectivity index (χ0n) is 15.5. The summed E-state index contributed by atoms with van der Waals surface area (Å²) in [5.74, 6) is -1.77. The molecule has 154 valence electrons. The van der Waals surface area contributed by atoms with Crippen molar-refractivity contribution in [1.82, 2.24) is 0 Å². The van der Waals surface area contributed by atoms with Crippen LogP contribution in [0, 0.1) is 0 Å². The van der Waals surface area contributed by atoms with Gasteiger partial charge in [0.25, 0.3) is 0 Å². The van der Waals surface area contributed by atoms with Crippen molar-refractivity contribution in [3.05, 3.63) is 69.7 Å². The largest absolute Gasteiger partial charge is 0.469 e. The number of carbonyl (C=O) groups excluding carboxylic acids is 4. The highest BCUT2D eigenvalue weighted by Crippen LogP contribution is 2.15. The number of esters is 2. The lowest BCUT2D eigenvalue weighted by atomic mass is 10.1. The molecule has 0 spiro atoms. The number of methoxy groups -OCH3 is 2. The van der Waals surface area contributed by atoms with Crippen LogP contribution in [0.5, 0.6) is 0 Å². The Morgan fingerprint density at radius 2 is 1.28 bits per heavy atom. The molecule has 0 N–H and O–H groups in total. The molecule has 29 heavy (non-hydrogen) atoms. The van der Waals surface area contributed by atoms with E-state index < -0.39 is 16.8 Å². The summed E-state index contributed by atoms with van der Waals surface area (Å²) in [6.07, 6.45) is -0.238. The molecule has 0 saturated heterocycles. The monoisotopic (exact) mass is 502 g/mol. The molecule has 1 atom stereocenters. The van der Waals surface area contributed by atoms with E-state index in [0.29, 0.717) is 21.2 Å². The summed E-state index contributed by atoms with van der Waals surface area (Å²) >= 11 is 14.3. The molecule has 0 heterocycles. The molecule has 0 aliphatic carbocycles. The molecule has 0 radical (unpaired) electrons. The molecule has 0 bridgehead atoms. The minimum Gasteiger partial charge on any atom is -0.469 e. The van der Waals surface area contributed by atoms with Crippen molar-refractivity contribution < 1.29 is 28.7 Å². The molecule has 9 heteroatoms. The highest BCUT2D eigenvalue weighted by atomic mass is 79.9. The highest BCUT2D eigenvalue weighted by molar-refractivity contribution is 9.10. The first-order chi connectivity index (χ1) is 13.7. The van der Waals surface area contributed by atoms with Crippen LogP contribution >= 0.6 is 39.1 Å². The molecule has 0 amide bonds. The fraction of sp³-hybridized carbons (Fsp3) is 0.200. The maximum atomic E-state index is 11.7. The smallest absolute Gasteiger partial charge is 0.327 e. The molecular weight excluding hydrogens is 487 g/mol. The maximum Gasteiger partial charge on any atom is 0.327 e.